The van der Waals surface area contributed by atoms with Gasteiger partial charge in [0.1, 0.15) is 28.6 Å². The average molecular weight is 842 g/mol. The molecule has 0 unspecified atom stereocenters. The molecule has 2 amide bonds. The third-order valence-electron chi connectivity index (χ3n) is 10.1. The van der Waals surface area contributed by atoms with E-state index in [0.717, 1.165) is 40.7 Å². The van der Waals surface area contributed by atoms with E-state index in [1.54, 1.807) is 83.9 Å². The third kappa shape index (κ3) is 10.3. The molecule has 0 bridgehead atoms. The van der Waals surface area contributed by atoms with Crippen molar-refractivity contribution in [3.63, 3.8) is 0 Å². The highest BCUT2D eigenvalue weighted by Crippen LogP contribution is 2.31. The lowest BCUT2D eigenvalue weighted by molar-refractivity contribution is -0.113. The molecular weight excluding hydrogens is 795 g/mol. The number of anilines is 2. The Labute approximate surface area is 365 Å². The normalized spacial score (nSPS) is 10.8. The summed E-state index contributed by atoms with van der Waals surface area (Å²) in [7, 11) is 7.19. The van der Waals surface area contributed by atoms with Crippen LogP contribution in [-0.2, 0) is 9.59 Å². The number of hydrogen-bond donors (Lipinski definition) is 2. The lowest BCUT2D eigenvalue weighted by atomic mass is 10.0. The van der Waals surface area contributed by atoms with Gasteiger partial charge in [-0.25, -0.2) is 0 Å². The molecule has 318 valence electrons. The Kier molecular flexibility index (Phi) is 13.7. The molecule has 0 aliphatic rings. The van der Waals surface area contributed by atoms with E-state index in [4.69, 9.17) is 14.2 Å². The average Bonchev–Trinajstić information content (AvgIpc) is 3.90. The van der Waals surface area contributed by atoms with Crippen LogP contribution in [0.4, 0.5) is 11.4 Å². The molecule has 4 heterocycles. The van der Waals surface area contributed by atoms with Crippen LogP contribution in [-0.4, -0.2) is 78.5 Å². The number of pyridine rings is 2. The number of fused-ring (bicyclic) bond motifs is 2. The second kappa shape index (κ2) is 20.1. The zero-order chi connectivity index (χ0) is 44.3. The lowest BCUT2D eigenvalue weighted by Crippen LogP contribution is -2.24. The maximum Gasteiger partial charge on any atom is 0.298 e. The molecule has 0 atom stereocenters. The number of benzene rings is 4. The number of hydrogen-bond acceptors (Lipinski definition) is 8. The van der Waals surface area contributed by atoms with Crippen LogP contribution in [0.15, 0.2) is 164 Å². The third-order valence-corrected chi connectivity index (χ3v) is 10.1. The van der Waals surface area contributed by atoms with Gasteiger partial charge in [0.05, 0.1) is 26.3 Å². The van der Waals surface area contributed by atoms with Crippen LogP contribution in [0, 0.1) is 0 Å². The predicted octanol–water partition coefficient (Wildman–Crippen LogP) is 9.20. The largest absolute Gasteiger partial charge is 0.497 e. The van der Waals surface area contributed by atoms with Crippen LogP contribution in [0.5, 0.6) is 17.2 Å². The summed E-state index contributed by atoms with van der Waals surface area (Å²) in [5, 5.41) is 5.40. The van der Waals surface area contributed by atoms with Gasteiger partial charge in [-0.05, 0) is 98.4 Å². The van der Waals surface area contributed by atoms with Crippen molar-refractivity contribution in [3.05, 3.63) is 175 Å². The van der Waals surface area contributed by atoms with Gasteiger partial charge in [-0.2, -0.15) is 0 Å². The maximum absolute atomic E-state index is 13.3. The molecule has 8 aromatic rings. The molecule has 4 aromatic carbocycles. The zero-order valence-corrected chi connectivity index (χ0v) is 35.4. The molecule has 0 saturated heterocycles. The van der Waals surface area contributed by atoms with Crippen molar-refractivity contribution in [2.75, 3.05) is 52.1 Å². The smallest absolute Gasteiger partial charge is 0.298 e. The van der Waals surface area contributed by atoms with Crippen molar-refractivity contribution in [1.29, 1.82) is 0 Å². The molecule has 0 saturated carbocycles. The topological polar surface area (TPSA) is 132 Å². The highest BCUT2D eigenvalue weighted by Gasteiger charge is 2.26. The molecule has 0 aliphatic carbocycles. The Morgan fingerprint density at radius 3 is 1.70 bits per heavy atom. The van der Waals surface area contributed by atoms with Crippen LogP contribution in [0.2, 0.25) is 0 Å². The molecule has 0 aliphatic heterocycles. The number of ketones is 2. The molecule has 0 fully saturated rings. The van der Waals surface area contributed by atoms with Crippen molar-refractivity contribution in [3.8, 4) is 39.5 Å². The first-order chi connectivity index (χ1) is 30.6. The first kappa shape index (κ1) is 43.1. The van der Waals surface area contributed by atoms with Gasteiger partial charge < -0.3 is 38.5 Å². The first-order valence-corrected chi connectivity index (χ1v) is 20.3. The van der Waals surface area contributed by atoms with Crippen LogP contribution >= 0.6 is 0 Å². The Hall–Kier alpha value is -7.96. The fourth-order valence-electron chi connectivity index (χ4n) is 7.05. The molecule has 12 heteroatoms. The van der Waals surface area contributed by atoms with Crippen LogP contribution < -0.4 is 24.8 Å². The minimum atomic E-state index is -0.715. The minimum absolute atomic E-state index is 0.296. The molecule has 2 N–H and O–H groups in total. The summed E-state index contributed by atoms with van der Waals surface area (Å²) in [6, 6.07) is 46.1. The quantitative estimate of drug-likeness (QED) is 0.0594. The van der Waals surface area contributed by atoms with E-state index in [2.05, 4.69) is 15.5 Å². The highest BCUT2D eigenvalue weighted by atomic mass is 16.5. The Morgan fingerprint density at radius 2 is 1.10 bits per heavy atom. The summed E-state index contributed by atoms with van der Waals surface area (Å²) < 4.78 is 19.7. The number of rotatable bonds is 15. The maximum atomic E-state index is 13.3. The number of nitrogens with one attached hydrogen (secondary N) is 2. The molecule has 8 rings (SSSR count). The lowest BCUT2D eigenvalue weighted by Gasteiger charge is -2.11. The summed E-state index contributed by atoms with van der Waals surface area (Å²) in [4.78, 5) is 54.4. The number of amides is 2. The molecule has 0 spiro atoms. The van der Waals surface area contributed by atoms with E-state index in [9.17, 15) is 19.2 Å². The molecule has 0 radical (unpaired) electrons. The van der Waals surface area contributed by atoms with Gasteiger partial charge in [-0.3, -0.25) is 19.2 Å². The van der Waals surface area contributed by atoms with E-state index in [1.165, 1.54) is 0 Å². The number of Topliss-reactive ketones (excluding diaryl/α,β-unsaturated/α-hetero) is 2. The standard InChI is InChI=1S/C27H27N3O3.C24H20N2O4/c1-29(2)15-9-17-33-23-14-8-12-21(18-23)28-27(32)26(31)25-24(20-10-4-3-5-11-20)19-22-13-6-7-16-30(22)25;1-29-19-10-8-17(9-11-19)25-24(28)23(27)22-21(16-6-4-3-5-7-16)15-18-14-20(30-2)12-13-26(18)22/h3-8,10-14,16,18-19H,9,15,17H2,1-2H3,(H,28,32);3-15H,1-2H3,(H,25,28). The van der Waals surface area contributed by atoms with Crippen molar-refractivity contribution in [1.82, 2.24) is 13.7 Å². The summed E-state index contributed by atoms with van der Waals surface area (Å²) in [6.07, 6.45) is 4.42. The highest BCUT2D eigenvalue weighted by molar-refractivity contribution is 6.48. The molecule has 63 heavy (non-hydrogen) atoms. The fourth-order valence-corrected chi connectivity index (χ4v) is 7.05. The summed E-state index contributed by atoms with van der Waals surface area (Å²) in [5.74, 6) is -0.656. The van der Waals surface area contributed by atoms with Crippen LogP contribution in [0.25, 0.3) is 33.3 Å². The van der Waals surface area contributed by atoms with Gasteiger partial charge >= 0.3 is 0 Å². The van der Waals surface area contributed by atoms with Gasteiger partial charge in [0, 0.05) is 59.1 Å². The summed E-state index contributed by atoms with van der Waals surface area (Å²) in [6.45, 7) is 1.50. The fraction of sp³-hybridized carbons (Fsp3) is 0.137. The van der Waals surface area contributed by atoms with Gasteiger partial charge in [-0.15, -0.1) is 0 Å². The van der Waals surface area contributed by atoms with Gasteiger partial charge in [-0.1, -0.05) is 72.8 Å². The summed E-state index contributed by atoms with van der Waals surface area (Å²) >= 11 is 0. The second-order valence-electron chi connectivity index (χ2n) is 14.7. The number of methoxy groups -OCH3 is 2. The van der Waals surface area contributed by atoms with Gasteiger partial charge in [0.25, 0.3) is 23.4 Å². The number of carbonyl (C=O) groups is 4. The monoisotopic (exact) mass is 841 g/mol. The van der Waals surface area contributed by atoms with E-state index < -0.39 is 23.4 Å². The zero-order valence-electron chi connectivity index (χ0n) is 35.4. The number of carbonyl (C=O) groups excluding carboxylic acids is 4. The minimum Gasteiger partial charge on any atom is -0.497 e. The van der Waals surface area contributed by atoms with E-state index in [-0.39, 0.29) is 0 Å². The Bertz CT molecular complexity index is 2870. The first-order valence-electron chi connectivity index (χ1n) is 20.3. The molecular formula is C51H47N5O7. The number of ether oxygens (including phenoxy) is 3. The summed E-state index contributed by atoms with van der Waals surface area (Å²) in [5.41, 5.74) is 6.40. The number of nitrogens with zero attached hydrogens (tertiary/aromatic N) is 3. The van der Waals surface area contributed by atoms with E-state index in [1.807, 2.05) is 117 Å². The van der Waals surface area contributed by atoms with Crippen LogP contribution in [0.3, 0.4) is 0 Å². The predicted molar refractivity (Wildman–Crippen MR) is 246 cm³/mol. The van der Waals surface area contributed by atoms with Crippen molar-refractivity contribution in [2.24, 2.45) is 0 Å². The SMILES string of the molecule is CN(C)CCCOc1cccc(NC(=O)C(=O)c2c(-c3ccccc3)cc3ccccn23)c1.COc1ccc(NC(=O)C(=O)c2c(-c3ccccc3)cc3cc(OC)ccn23)cc1. The molecule has 12 nitrogen and oxygen atoms in total. The van der Waals surface area contributed by atoms with Gasteiger partial charge in [0.15, 0.2) is 0 Å². The second-order valence-corrected chi connectivity index (χ2v) is 14.7. The van der Waals surface area contributed by atoms with Crippen molar-refractivity contribution < 1.29 is 33.4 Å². The van der Waals surface area contributed by atoms with Crippen molar-refractivity contribution >= 4 is 45.8 Å². The van der Waals surface area contributed by atoms with Crippen molar-refractivity contribution in [2.45, 2.75) is 6.42 Å². The van der Waals surface area contributed by atoms with Gasteiger partial charge in [0.2, 0.25) is 0 Å². The van der Waals surface area contributed by atoms with E-state index in [0.29, 0.717) is 52.2 Å². The van der Waals surface area contributed by atoms with Crippen LogP contribution in [0.1, 0.15) is 27.4 Å². The molecule has 4 aromatic heterocycles. The number of aromatic nitrogens is 2. The van der Waals surface area contributed by atoms with E-state index >= 15 is 0 Å². The Balaban J connectivity index is 0.000000190. The Morgan fingerprint density at radius 1 is 0.524 bits per heavy atom.